The summed E-state index contributed by atoms with van der Waals surface area (Å²) in [4.78, 5) is 10.8. The second-order valence-corrected chi connectivity index (χ2v) is 6.36. The van der Waals surface area contributed by atoms with Crippen molar-refractivity contribution in [1.82, 2.24) is 9.97 Å². The van der Waals surface area contributed by atoms with Gasteiger partial charge in [-0.05, 0) is 25.8 Å². The molecule has 0 bridgehead atoms. The average molecular weight is 343 g/mol. The van der Waals surface area contributed by atoms with Gasteiger partial charge in [-0.15, -0.1) is 0 Å². The van der Waals surface area contributed by atoms with E-state index in [2.05, 4.69) is 14.9 Å². The first-order valence-electron chi connectivity index (χ1n) is 8.62. The number of methoxy groups -OCH3 is 1. The molecule has 1 aromatic carbocycles. The third-order valence-electron chi connectivity index (χ3n) is 4.57. The van der Waals surface area contributed by atoms with E-state index in [1.54, 1.807) is 13.4 Å². The van der Waals surface area contributed by atoms with E-state index in [1.807, 2.05) is 38.2 Å². The van der Waals surface area contributed by atoms with Crippen molar-refractivity contribution in [3.63, 3.8) is 0 Å². The van der Waals surface area contributed by atoms with Crippen LogP contribution in [0, 0.1) is 0 Å². The second-order valence-electron chi connectivity index (χ2n) is 6.36. The van der Waals surface area contributed by atoms with E-state index >= 15 is 0 Å². The molecule has 2 aromatic rings. The number of aliphatic hydroxyl groups is 1. The Morgan fingerprint density at radius 2 is 2.08 bits per heavy atom. The van der Waals surface area contributed by atoms with Crippen LogP contribution in [0.1, 0.15) is 36.9 Å². The lowest BCUT2D eigenvalue weighted by Crippen LogP contribution is -2.27. The van der Waals surface area contributed by atoms with E-state index in [1.165, 1.54) is 0 Å². The highest BCUT2D eigenvalue weighted by atomic mass is 16.5. The predicted molar refractivity (Wildman–Crippen MR) is 96.3 cm³/mol. The Balaban J connectivity index is 1.78. The maximum atomic E-state index is 9.50. The standard InChI is InChI=1S/C19H25N3O3/c1-4-25-19-13(6-5-7-17(19)24-3)11-22(2)18-10-16(20-12-21-18)14-8-15(23)9-14/h5-7,10,12,14-15,23H,4,8-9,11H2,1-3H3. The molecule has 0 aliphatic heterocycles. The molecule has 3 rings (SSSR count). The van der Waals surface area contributed by atoms with Crippen LogP contribution in [0.25, 0.3) is 0 Å². The van der Waals surface area contributed by atoms with Crippen LogP contribution in [-0.4, -0.2) is 41.9 Å². The van der Waals surface area contributed by atoms with E-state index < -0.39 is 0 Å². The van der Waals surface area contributed by atoms with E-state index in [0.717, 1.165) is 41.4 Å². The van der Waals surface area contributed by atoms with Gasteiger partial charge in [-0.2, -0.15) is 0 Å². The molecule has 1 saturated carbocycles. The summed E-state index contributed by atoms with van der Waals surface area (Å²) in [7, 11) is 3.64. The van der Waals surface area contributed by atoms with E-state index in [9.17, 15) is 5.11 Å². The Labute approximate surface area is 148 Å². The van der Waals surface area contributed by atoms with Gasteiger partial charge in [0, 0.05) is 36.8 Å². The van der Waals surface area contributed by atoms with Crippen molar-refractivity contribution in [3.8, 4) is 11.5 Å². The van der Waals surface area contributed by atoms with Crippen LogP contribution in [0.5, 0.6) is 11.5 Å². The molecule has 0 saturated heterocycles. The number of rotatable bonds is 7. The molecule has 1 N–H and O–H groups in total. The molecule has 0 amide bonds. The van der Waals surface area contributed by atoms with Gasteiger partial charge in [0.2, 0.25) is 0 Å². The van der Waals surface area contributed by atoms with Gasteiger partial charge in [-0.1, -0.05) is 12.1 Å². The van der Waals surface area contributed by atoms with Crippen LogP contribution >= 0.6 is 0 Å². The fourth-order valence-corrected chi connectivity index (χ4v) is 3.11. The average Bonchev–Trinajstić information content (AvgIpc) is 2.60. The summed E-state index contributed by atoms with van der Waals surface area (Å²) < 4.78 is 11.2. The van der Waals surface area contributed by atoms with Crippen molar-refractivity contribution < 1.29 is 14.6 Å². The number of aliphatic hydroxyl groups excluding tert-OH is 1. The smallest absolute Gasteiger partial charge is 0.166 e. The summed E-state index contributed by atoms with van der Waals surface area (Å²) in [6.07, 6.45) is 2.97. The van der Waals surface area contributed by atoms with Gasteiger partial charge in [-0.25, -0.2) is 9.97 Å². The molecule has 1 aromatic heterocycles. The van der Waals surface area contributed by atoms with E-state index in [-0.39, 0.29) is 6.10 Å². The molecule has 0 unspecified atom stereocenters. The molecular formula is C19H25N3O3. The number of anilines is 1. The van der Waals surface area contributed by atoms with Crippen LogP contribution in [0.4, 0.5) is 5.82 Å². The third-order valence-corrected chi connectivity index (χ3v) is 4.57. The number of hydrogen-bond donors (Lipinski definition) is 1. The summed E-state index contributed by atoms with van der Waals surface area (Å²) in [5, 5.41) is 9.50. The minimum absolute atomic E-state index is 0.188. The number of ether oxygens (including phenoxy) is 2. The monoisotopic (exact) mass is 343 g/mol. The zero-order valence-corrected chi connectivity index (χ0v) is 15.0. The van der Waals surface area contributed by atoms with Crippen LogP contribution in [-0.2, 0) is 6.54 Å². The predicted octanol–water partition coefficient (Wildman–Crippen LogP) is 2.76. The molecule has 25 heavy (non-hydrogen) atoms. The van der Waals surface area contributed by atoms with Crippen LogP contribution in [0.15, 0.2) is 30.6 Å². The van der Waals surface area contributed by atoms with E-state index in [4.69, 9.17) is 9.47 Å². The van der Waals surface area contributed by atoms with Gasteiger partial charge in [0.05, 0.1) is 19.8 Å². The molecule has 6 nitrogen and oxygen atoms in total. The lowest BCUT2D eigenvalue weighted by atomic mass is 9.80. The minimum atomic E-state index is -0.188. The molecule has 0 atom stereocenters. The highest BCUT2D eigenvalue weighted by Gasteiger charge is 2.30. The summed E-state index contributed by atoms with van der Waals surface area (Å²) in [5.41, 5.74) is 2.04. The van der Waals surface area contributed by atoms with E-state index in [0.29, 0.717) is 19.1 Å². The molecular weight excluding hydrogens is 318 g/mol. The third kappa shape index (κ3) is 3.85. The molecule has 1 aliphatic rings. The van der Waals surface area contributed by atoms with Crippen molar-refractivity contribution in [2.45, 2.75) is 38.3 Å². The number of hydrogen-bond acceptors (Lipinski definition) is 6. The lowest BCUT2D eigenvalue weighted by molar-refractivity contribution is 0.0732. The Morgan fingerprint density at radius 3 is 2.76 bits per heavy atom. The first-order chi connectivity index (χ1) is 12.1. The maximum Gasteiger partial charge on any atom is 0.166 e. The van der Waals surface area contributed by atoms with Gasteiger partial charge < -0.3 is 19.5 Å². The number of aromatic nitrogens is 2. The molecule has 1 heterocycles. The summed E-state index contributed by atoms with van der Waals surface area (Å²) >= 11 is 0. The van der Waals surface area contributed by atoms with Crippen LogP contribution in [0.3, 0.4) is 0 Å². The van der Waals surface area contributed by atoms with Crippen molar-refractivity contribution in [1.29, 1.82) is 0 Å². The first-order valence-corrected chi connectivity index (χ1v) is 8.62. The highest BCUT2D eigenvalue weighted by Crippen LogP contribution is 2.37. The van der Waals surface area contributed by atoms with Crippen molar-refractivity contribution in [2.24, 2.45) is 0 Å². The molecule has 6 heteroatoms. The second kappa shape index (κ2) is 7.70. The number of nitrogens with zero attached hydrogens (tertiary/aromatic N) is 3. The van der Waals surface area contributed by atoms with Gasteiger partial charge in [0.25, 0.3) is 0 Å². The summed E-state index contributed by atoms with van der Waals surface area (Å²) in [6, 6.07) is 7.91. The fraction of sp³-hybridized carbons (Fsp3) is 0.474. The Kier molecular flexibility index (Phi) is 5.38. The van der Waals surface area contributed by atoms with Gasteiger partial charge in [0.1, 0.15) is 12.1 Å². The Hall–Kier alpha value is -2.34. The topological polar surface area (TPSA) is 67.7 Å². The maximum absolute atomic E-state index is 9.50. The quantitative estimate of drug-likeness (QED) is 0.834. The zero-order chi connectivity index (χ0) is 17.8. The normalized spacial score (nSPS) is 19.2. The fourth-order valence-electron chi connectivity index (χ4n) is 3.11. The largest absolute Gasteiger partial charge is 0.493 e. The van der Waals surface area contributed by atoms with Gasteiger partial charge >= 0.3 is 0 Å². The Morgan fingerprint density at radius 1 is 1.28 bits per heavy atom. The van der Waals surface area contributed by atoms with Crippen molar-refractivity contribution in [3.05, 3.63) is 41.9 Å². The van der Waals surface area contributed by atoms with Crippen molar-refractivity contribution in [2.75, 3.05) is 25.7 Å². The first kappa shape index (κ1) is 17.5. The van der Waals surface area contributed by atoms with Crippen LogP contribution < -0.4 is 14.4 Å². The summed E-state index contributed by atoms with van der Waals surface area (Å²) in [6.45, 7) is 3.19. The molecule has 0 spiro atoms. The van der Waals surface area contributed by atoms with Crippen molar-refractivity contribution >= 4 is 5.82 Å². The minimum Gasteiger partial charge on any atom is -0.493 e. The SMILES string of the molecule is CCOc1c(CN(C)c2cc(C3CC(O)C3)ncn2)cccc1OC. The van der Waals surface area contributed by atoms with Gasteiger partial charge in [-0.3, -0.25) is 0 Å². The number of benzene rings is 1. The Bertz CT molecular complexity index is 717. The zero-order valence-electron chi connectivity index (χ0n) is 15.0. The summed E-state index contributed by atoms with van der Waals surface area (Å²) in [5.74, 6) is 2.70. The molecule has 1 aliphatic carbocycles. The lowest BCUT2D eigenvalue weighted by Gasteiger charge is -2.31. The molecule has 1 fully saturated rings. The molecule has 0 radical (unpaired) electrons. The number of para-hydroxylation sites is 1. The van der Waals surface area contributed by atoms with Gasteiger partial charge in [0.15, 0.2) is 11.5 Å². The van der Waals surface area contributed by atoms with Crippen LogP contribution in [0.2, 0.25) is 0 Å². The highest BCUT2D eigenvalue weighted by molar-refractivity contribution is 5.49. The molecule has 134 valence electrons.